The van der Waals surface area contributed by atoms with Crippen molar-refractivity contribution in [2.75, 3.05) is 19.5 Å². The van der Waals surface area contributed by atoms with Crippen molar-refractivity contribution in [3.8, 4) is 17.1 Å². The second kappa shape index (κ2) is 8.10. The third kappa shape index (κ3) is 3.96. The van der Waals surface area contributed by atoms with Crippen LogP contribution in [0, 0.1) is 17.0 Å². The summed E-state index contributed by atoms with van der Waals surface area (Å²) < 4.78 is 32.2. The zero-order chi connectivity index (χ0) is 20.3. The van der Waals surface area contributed by atoms with E-state index in [1.165, 1.54) is 31.4 Å². The molecule has 0 amide bonds. The maximum atomic E-state index is 14.1. The second-order valence-corrected chi connectivity index (χ2v) is 6.05. The fourth-order valence-electron chi connectivity index (χ4n) is 2.73. The minimum atomic E-state index is -0.509. The first kappa shape index (κ1) is 19.4. The minimum Gasteiger partial charge on any atom is -0.494 e. The average Bonchev–Trinajstić information content (AvgIpc) is 2.68. The molecule has 1 heterocycles. The number of aromatic nitrogens is 2. The molecule has 3 aromatic rings. The molecule has 0 radical (unpaired) electrons. The lowest BCUT2D eigenvalue weighted by Crippen LogP contribution is -2.73. The van der Waals surface area contributed by atoms with Crippen molar-refractivity contribution < 1.29 is 18.8 Å². The van der Waals surface area contributed by atoms with Crippen molar-refractivity contribution in [2.24, 2.45) is 0 Å². The third-order valence-electron chi connectivity index (χ3n) is 4.11. The van der Waals surface area contributed by atoms with E-state index in [0.29, 0.717) is 34.3 Å². The average molecular weight is 384 g/mol. The van der Waals surface area contributed by atoms with E-state index in [4.69, 9.17) is 10.1 Å². The predicted molar refractivity (Wildman–Crippen MR) is 104 cm³/mol. The molecular formula is C20H20F2N5O+. The monoisotopic (exact) mass is 384 g/mol. The Morgan fingerprint density at radius 1 is 1.11 bits per heavy atom. The van der Waals surface area contributed by atoms with Gasteiger partial charge in [0.2, 0.25) is 0 Å². The van der Waals surface area contributed by atoms with E-state index in [1.54, 1.807) is 30.4 Å². The summed E-state index contributed by atoms with van der Waals surface area (Å²) in [5.74, 6) is 0.0220. The van der Waals surface area contributed by atoms with Gasteiger partial charge in [0.25, 0.3) is 0 Å². The van der Waals surface area contributed by atoms with Crippen molar-refractivity contribution in [3.63, 3.8) is 0 Å². The Hall–Kier alpha value is -3.39. The maximum absolute atomic E-state index is 14.1. The van der Waals surface area contributed by atoms with Gasteiger partial charge in [0.05, 0.1) is 19.9 Å². The maximum Gasteiger partial charge on any atom is 0.200 e. The van der Waals surface area contributed by atoms with Crippen LogP contribution in [0.3, 0.4) is 0 Å². The first-order valence-electron chi connectivity index (χ1n) is 8.56. The minimum absolute atomic E-state index is 0.138. The van der Waals surface area contributed by atoms with E-state index in [9.17, 15) is 8.78 Å². The number of quaternary nitrogens is 1. The van der Waals surface area contributed by atoms with Crippen LogP contribution in [0.4, 0.5) is 26.0 Å². The van der Waals surface area contributed by atoms with Crippen molar-refractivity contribution >= 4 is 22.9 Å². The Morgan fingerprint density at radius 3 is 2.39 bits per heavy atom. The Kier molecular flexibility index (Phi) is 5.60. The molecule has 0 saturated carbocycles. The molecule has 0 bridgehead atoms. The number of hydrogen-bond donors (Lipinski definition) is 3. The van der Waals surface area contributed by atoms with Crippen LogP contribution in [-0.2, 0) is 0 Å². The molecule has 144 valence electrons. The van der Waals surface area contributed by atoms with E-state index in [1.807, 2.05) is 7.05 Å². The summed E-state index contributed by atoms with van der Waals surface area (Å²) in [6, 6.07) is 10.3. The summed E-state index contributed by atoms with van der Waals surface area (Å²) in [6.07, 6.45) is 0. The molecule has 3 rings (SSSR count). The largest absolute Gasteiger partial charge is 0.494 e. The second-order valence-electron chi connectivity index (χ2n) is 6.05. The first-order valence-corrected chi connectivity index (χ1v) is 8.56. The lowest BCUT2D eigenvalue weighted by molar-refractivity contribution is -0.539. The molecule has 0 fully saturated rings. The van der Waals surface area contributed by atoms with E-state index >= 15 is 0 Å². The van der Waals surface area contributed by atoms with Crippen LogP contribution in [0.5, 0.6) is 5.75 Å². The molecule has 8 heteroatoms. The van der Waals surface area contributed by atoms with Gasteiger partial charge in [-0.05, 0) is 43.3 Å². The van der Waals surface area contributed by atoms with Crippen LogP contribution < -0.4 is 15.4 Å². The topological polar surface area (TPSA) is 87.5 Å². The van der Waals surface area contributed by atoms with E-state index < -0.39 is 5.82 Å². The number of methoxy groups -OCH3 is 1. The Morgan fingerprint density at radius 2 is 1.82 bits per heavy atom. The molecule has 0 aliphatic rings. The zero-order valence-corrected chi connectivity index (χ0v) is 15.7. The van der Waals surface area contributed by atoms with E-state index in [-0.39, 0.29) is 17.3 Å². The number of hydrogen-bond acceptors (Lipinski definition) is 5. The molecule has 0 saturated heterocycles. The molecule has 28 heavy (non-hydrogen) atoms. The van der Waals surface area contributed by atoms with E-state index in [2.05, 4.69) is 15.3 Å². The van der Waals surface area contributed by atoms with Crippen molar-refractivity contribution in [1.29, 1.82) is 5.41 Å². The Bertz CT molecular complexity index is 1020. The predicted octanol–water partition coefficient (Wildman–Crippen LogP) is 3.39. The van der Waals surface area contributed by atoms with Crippen LogP contribution in [0.25, 0.3) is 11.4 Å². The van der Waals surface area contributed by atoms with Crippen molar-refractivity contribution in [2.45, 2.75) is 6.92 Å². The van der Waals surface area contributed by atoms with E-state index in [0.717, 1.165) is 0 Å². The quantitative estimate of drug-likeness (QED) is 0.569. The summed E-state index contributed by atoms with van der Waals surface area (Å²) >= 11 is 0. The van der Waals surface area contributed by atoms with Gasteiger partial charge in [0, 0.05) is 17.3 Å². The summed E-state index contributed by atoms with van der Waals surface area (Å²) in [7, 11) is 3.21. The van der Waals surface area contributed by atoms with Crippen LogP contribution in [-0.4, -0.2) is 29.8 Å². The molecule has 2 aromatic carbocycles. The Balaban J connectivity index is 2.11. The first-order chi connectivity index (χ1) is 13.4. The normalized spacial score (nSPS) is 10.6. The number of anilines is 2. The number of nitrogens with one attached hydrogen (secondary N) is 2. The number of nitrogens with two attached hydrogens (primary N) is 1. The van der Waals surface area contributed by atoms with Gasteiger partial charge in [-0.3, -0.25) is 0 Å². The van der Waals surface area contributed by atoms with Gasteiger partial charge in [-0.15, -0.1) is 0 Å². The van der Waals surface area contributed by atoms with Gasteiger partial charge in [0.15, 0.2) is 34.6 Å². The van der Waals surface area contributed by atoms with Gasteiger partial charge in [-0.2, -0.15) is 0 Å². The van der Waals surface area contributed by atoms with Gasteiger partial charge < -0.3 is 20.8 Å². The highest BCUT2D eigenvalue weighted by molar-refractivity contribution is 6.00. The van der Waals surface area contributed by atoms with Crippen LogP contribution in [0.1, 0.15) is 12.6 Å². The highest BCUT2D eigenvalue weighted by Gasteiger charge is 2.20. The number of rotatable bonds is 6. The highest BCUT2D eigenvalue weighted by Crippen LogP contribution is 2.29. The fourth-order valence-corrected chi connectivity index (χ4v) is 2.73. The smallest absolute Gasteiger partial charge is 0.200 e. The lowest BCUT2D eigenvalue weighted by atomic mass is 10.1. The molecule has 0 atom stereocenters. The van der Waals surface area contributed by atoms with Crippen molar-refractivity contribution in [3.05, 3.63) is 59.8 Å². The molecule has 1 aromatic heterocycles. The number of ether oxygens (including phenoxy) is 1. The number of nitrogens with zero attached hydrogens (tertiary/aromatic N) is 2. The SMILES string of the molecule is C[NH2+]c1c(Nc2ccc(OC)c(F)c2)nc(-c2ccc(F)cc2)nc1C(C)=N. The zero-order valence-electron chi connectivity index (χ0n) is 15.7. The van der Waals surface area contributed by atoms with Gasteiger partial charge >= 0.3 is 0 Å². The van der Waals surface area contributed by atoms with Crippen LogP contribution in [0.15, 0.2) is 42.5 Å². The van der Waals surface area contributed by atoms with Crippen LogP contribution in [0.2, 0.25) is 0 Å². The molecule has 0 aliphatic heterocycles. The highest BCUT2D eigenvalue weighted by atomic mass is 19.1. The Labute approximate surface area is 161 Å². The fraction of sp³-hybridized carbons (Fsp3) is 0.150. The third-order valence-corrected chi connectivity index (χ3v) is 4.11. The molecular weight excluding hydrogens is 364 g/mol. The molecule has 4 N–H and O–H groups in total. The molecule has 0 spiro atoms. The molecule has 0 unspecified atom stereocenters. The summed E-state index contributed by atoms with van der Waals surface area (Å²) in [6.45, 7) is 1.63. The van der Waals surface area contributed by atoms with Gasteiger partial charge in [-0.1, -0.05) is 0 Å². The molecule has 0 aliphatic carbocycles. The summed E-state index contributed by atoms with van der Waals surface area (Å²) in [5, 5.41) is 12.9. The number of benzene rings is 2. The standard InChI is InChI=1S/C20H19F2N5O/c1-11(23)17-18(24-2)20(25-14-8-9-16(28-3)15(22)10-14)27-19(26-17)12-4-6-13(21)7-5-12/h4-10,23-24H,1-3H3,(H,25,26,27)/p+1. The van der Waals surface area contributed by atoms with Gasteiger partial charge in [0.1, 0.15) is 5.82 Å². The number of halogens is 2. The van der Waals surface area contributed by atoms with Crippen molar-refractivity contribution in [1.82, 2.24) is 9.97 Å². The van der Waals surface area contributed by atoms with Crippen LogP contribution >= 0.6 is 0 Å². The summed E-state index contributed by atoms with van der Waals surface area (Å²) in [4.78, 5) is 8.99. The molecule has 6 nitrogen and oxygen atoms in total. The van der Waals surface area contributed by atoms with Gasteiger partial charge in [-0.25, -0.2) is 18.7 Å². The lowest BCUT2D eigenvalue weighted by Gasteiger charge is -2.14. The summed E-state index contributed by atoms with van der Waals surface area (Å²) in [5.41, 5.74) is 2.39.